The van der Waals surface area contributed by atoms with Crippen LogP contribution in [-0.2, 0) is 11.2 Å². The molecule has 20 heavy (non-hydrogen) atoms. The van der Waals surface area contributed by atoms with E-state index in [4.69, 9.17) is 0 Å². The van der Waals surface area contributed by atoms with Crippen molar-refractivity contribution in [1.82, 2.24) is 14.8 Å². The molecule has 1 aromatic heterocycles. The molecule has 2 aliphatic rings. The summed E-state index contributed by atoms with van der Waals surface area (Å²) in [7, 11) is 2.20. The van der Waals surface area contributed by atoms with Crippen molar-refractivity contribution in [2.45, 2.75) is 50.6 Å². The number of carbonyl (C=O) groups is 1. The Kier molecular flexibility index (Phi) is 4.36. The van der Waals surface area contributed by atoms with E-state index >= 15 is 0 Å². The zero-order chi connectivity index (χ0) is 13.9. The third kappa shape index (κ3) is 2.88. The first-order valence-corrected chi connectivity index (χ1v) is 8.52. The zero-order valence-corrected chi connectivity index (χ0v) is 12.9. The number of thiazole rings is 1. The third-order valence-electron chi connectivity index (χ3n) is 4.68. The summed E-state index contributed by atoms with van der Waals surface area (Å²) in [5.41, 5.74) is 0. The number of rotatable bonds is 4. The molecule has 2 atom stereocenters. The van der Waals surface area contributed by atoms with Crippen LogP contribution in [0.4, 0.5) is 0 Å². The van der Waals surface area contributed by atoms with Gasteiger partial charge in [-0.05, 0) is 39.3 Å². The van der Waals surface area contributed by atoms with Gasteiger partial charge in [0.05, 0.1) is 5.01 Å². The predicted octanol–water partition coefficient (Wildman–Crippen LogP) is 2.16. The van der Waals surface area contributed by atoms with Gasteiger partial charge in [-0.3, -0.25) is 4.79 Å². The molecule has 4 nitrogen and oxygen atoms in total. The maximum Gasteiger partial charge on any atom is 0.223 e. The van der Waals surface area contributed by atoms with E-state index in [0.717, 1.165) is 24.4 Å². The van der Waals surface area contributed by atoms with Crippen molar-refractivity contribution in [3.8, 4) is 0 Å². The lowest BCUT2D eigenvalue weighted by Crippen LogP contribution is -2.47. The molecular weight excluding hydrogens is 270 g/mol. The van der Waals surface area contributed by atoms with Gasteiger partial charge < -0.3 is 9.80 Å². The van der Waals surface area contributed by atoms with Crippen LogP contribution in [0.25, 0.3) is 0 Å². The number of hydrogen-bond acceptors (Lipinski definition) is 4. The van der Waals surface area contributed by atoms with Crippen LogP contribution in [0.2, 0.25) is 0 Å². The van der Waals surface area contributed by atoms with Crippen molar-refractivity contribution in [1.29, 1.82) is 0 Å². The first-order chi connectivity index (χ1) is 9.75. The van der Waals surface area contributed by atoms with Gasteiger partial charge in [0, 0.05) is 43.0 Å². The highest BCUT2D eigenvalue weighted by atomic mass is 32.1. The van der Waals surface area contributed by atoms with Gasteiger partial charge in [0.15, 0.2) is 0 Å². The van der Waals surface area contributed by atoms with Gasteiger partial charge in [-0.2, -0.15) is 0 Å². The number of amides is 1. The number of aryl methyl sites for hydroxylation is 1. The Hall–Kier alpha value is -0.940. The van der Waals surface area contributed by atoms with Crippen molar-refractivity contribution in [2.24, 2.45) is 0 Å². The number of likely N-dealkylation sites (N-methyl/N-ethyl adjacent to an activating group) is 1. The van der Waals surface area contributed by atoms with Gasteiger partial charge in [-0.1, -0.05) is 0 Å². The average molecular weight is 293 g/mol. The van der Waals surface area contributed by atoms with Crippen molar-refractivity contribution in [3.05, 3.63) is 16.6 Å². The van der Waals surface area contributed by atoms with Crippen molar-refractivity contribution >= 4 is 17.2 Å². The Morgan fingerprint density at radius 1 is 1.35 bits per heavy atom. The zero-order valence-electron chi connectivity index (χ0n) is 12.1. The highest BCUT2D eigenvalue weighted by Gasteiger charge is 2.37. The third-order valence-corrected chi connectivity index (χ3v) is 5.52. The monoisotopic (exact) mass is 293 g/mol. The van der Waals surface area contributed by atoms with E-state index in [1.165, 1.54) is 25.8 Å². The molecule has 0 bridgehead atoms. The van der Waals surface area contributed by atoms with Gasteiger partial charge >= 0.3 is 0 Å². The standard InChI is InChI=1S/C15H23N3OS/c1-17-9-2-4-12(17)13-5-3-10-18(13)15(19)7-6-14-16-8-11-20-14/h8,11-13H,2-7,9-10H2,1H3/t12-,13-/m1/s1. The van der Waals surface area contributed by atoms with Crippen LogP contribution in [0.5, 0.6) is 0 Å². The molecule has 3 rings (SSSR count). The van der Waals surface area contributed by atoms with Gasteiger partial charge in [-0.15, -0.1) is 11.3 Å². The first-order valence-electron chi connectivity index (χ1n) is 7.64. The average Bonchev–Trinajstić information content (AvgIpc) is 3.16. The molecule has 2 aliphatic heterocycles. The molecule has 2 saturated heterocycles. The second-order valence-electron chi connectivity index (χ2n) is 5.91. The van der Waals surface area contributed by atoms with Crippen LogP contribution in [-0.4, -0.2) is 52.9 Å². The molecule has 3 heterocycles. The van der Waals surface area contributed by atoms with E-state index in [9.17, 15) is 4.79 Å². The Labute approximate surface area is 124 Å². The van der Waals surface area contributed by atoms with Gasteiger partial charge in [0.25, 0.3) is 0 Å². The summed E-state index contributed by atoms with van der Waals surface area (Å²) in [6.45, 7) is 2.13. The fourth-order valence-corrected chi connectivity index (χ4v) is 4.28. The second-order valence-corrected chi connectivity index (χ2v) is 6.89. The molecule has 0 N–H and O–H groups in total. The highest BCUT2D eigenvalue weighted by molar-refractivity contribution is 7.09. The van der Waals surface area contributed by atoms with E-state index in [0.29, 0.717) is 24.4 Å². The number of carbonyl (C=O) groups excluding carboxylic acids is 1. The minimum Gasteiger partial charge on any atom is -0.338 e. The van der Waals surface area contributed by atoms with Gasteiger partial charge in [0.1, 0.15) is 0 Å². The second kappa shape index (κ2) is 6.22. The molecular formula is C15H23N3OS. The maximum atomic E-state index is 12.5. The van der Waals surface area contributed by atoms with Crippen LogP contribution in [0.3, 0.4) is 0 Å². The lowest BCUT2D eigenvalue weighted by molar-refractivity contribution is -0.132. The van der Waals surface area contributed by atoms with Crippen molar-refractivity contribution < 1.29 is 4.79 Å². The largest absolute Gasteiger partial charge is 0.338 e. The van der Waals surface area contributed by atoms with E-state index in [2.05, 4.69) is 21.8 Å². The quantitative estimate of drug-likeness (QED) is 0.853. The minimum atomic E-state index is 0.322. The summed E-state index contributed by atoms with van der Waals surface area (Å²) in [6, 6.07) is 1.03. The maximum absolute atomic E-state index is 12.5. The Bertz CT molecular complexity index is 448. The summed E-state index contributed by atoms with van der Waals surface area (Å²) in [6.07, 6.45) is 8.09. The van der Waals surface area contributed by atoms with Crippen LogP contribution < -0.4 is 0 Å². The fraction of sp³-hybridized carbons (Fsp3) is 0.733. The molecule has 0 aliphatic carbocycles. The van der Waals surface area contributed by atoms with Crippen LogP contribution in [0, 0.1) is 0 Å². The molecule has 0 spiro atoms. The normalized spacial score (nSPS) is 27.4. The summed E-state index contributed by atoms with van der Waals surface area (Å²) in [4.78, 5) is 21.4. The predicted molar refractivity (Wildman–Crippen MR) is 80.8 cm³/mol. The molecule has 1 aromatic rings. The minimum absolute atomic E-state index is 0.322. The molecule has 2 fully saturated rings. The lowest BCUT2D eigenvalue weighted by atomic mass is 10.0. The summed E-state index contributed by atoms with van der Waals surface area (Å²) < 4.78 is 0. The summed E-state index contributed by atoms with van der Waals surface area (Å²) >= 11 is 1.64. The van der Waals surface area contributed by atoms with E-state index in [1.54, 1.807) is 11.3 Å². The van der Waals surface area contributed by atoms with Crippen LogP contribution in [0.1, 0.15) is 37.1 Å². The molecule has 110 valence electrons. The Morgan fingerprint density at radius 3 is 2.85 bits per heavy atom. The summed E-state index contributed by atoms with van der Waals surface area (Å²) in [5, 5.41) is 3.05. The van der Waals surface area contributed by atoms with Gasteiger partial charge in [-0.25, -0.2) is 4.98 Å². The van der Waals surface area contributed by atoms with Crippen molar-refractivity contribution in [3.63, 3.8) is 0 Å². The highest BCUT2D eigenvalue weighted by Crippen LogP contribution is 2.29. The molecule has 0 aromatic carbocycles. The lowest BCUT2D eigenvalue weighted by Gasteiger charge is -2.33. The number of hydrogen-bond donors (Lipinski definition) is 0. The first kappa shape index (κ1) is 14.0. The fourth-order valence-electron chi connectivity index (χ4n) is 3.66. The Balaban J connectivity index is 1.58. The van der Waals surface area contributed by atoms with Crippen LogP contribution >= 0.6 is 11.3 Å². The van der Waals surface area contributed by atoms with E-state index in [1.807, 2.05) is 11.6 Å². The van der Waals surface area contributed by atoms with E-state index in [-0.39, 0.29) is 0 Å². The van der Waals surface area contributed by atoms with Crippen molar-refractivity contribution in [2.75, 3.05) is 20.1 Å². The number of nitrogens with zero attached hydrogens (tertiary/aromatic N) is 3. The smallest absolute Gasteiger partial charge is 0.223 e. The Morgan fingerprint density at radius 2 is 2.15 bits per heavy atom. The molecule has 0 radical (unpaired) electrons. The number of aromatic nitrogens is 1. The van der Waals surface area contributed by atoms with Crippen LogP contribution in [0.15, 0.2) is 11.6 Å². The number of likely N-dealkylation sites (tertiary alicyclic amines) is 2. The summed E-state index contributed by atoms with van der Waals surface area (Å²) in [5.74, 6) is 0.322. The molecule has 0 unspecified atom stereocenters. The molecule has 1 amide bonds. The topological polar surface area (TPSA) is 36.4 Å². The van der Waals surface area contributed by atoms with E-state index < -0.39 is 0 Å². The SMILES string of the molecule is CN1CCC[C@@H]1[C@H]1CCCN1C(=O)CCc1nccs1. The van der Waals surface area contributed by atoms with Gasteiger partial charge in [0.2, 0.25) is 5.91 Å². The molecule has 5 heteroatoms. The molecule has 0 saturated carbocycles.